The lowest BCUT2D eigenvalue weighted by atomic mass is 10.2. The second-order valence-corrected chi connectivity index (χ2v) is 4.74. The van der Waals surface area contributed by atoms with E-state index in [9.17, 15) is 10.1 Å². The fourth-order valence-electron chi connectivity index (χ4n) is 1.99. The van der Waals surface area contributed by atoms with Crippen molar-refractivity contribution in [3.05, 3.63) is 64.8 Å². The first-order chi connectivity index (χ1) is 10.1. The van der Waals surface area contributed by atoms with Gasteiger partial charge in [0.2, 0.25) is 0 Å². The predicted octanol–water partition coefficient (Wildman–Crippen LogP) is 3.19. The van der Waals surface area contributed by atoms with Crippen LogP contribution in [0.2, 0.25) is 0 Å². The van der Waals surface area contributed by atoms with Crippen molar-refractivity contribution < 1.29 is 4.92 Å². The van der Waals surface area contributed by atoms with Crippen LogP contribution in [0.15, 0.2) is 54.7 Å². The molecule has 21 heavy (non-hydrogen) atoms. The van der Waals surface area contributed by atoms with Crippen molar-refractivity contribution in [3.8, 4) is 0 Å². The first kappa shape index (κ1) is 13.2. The Kier molecular flexibility index (Phi) is 3.33. The van der Waals surface area contributed by atoms with Gasteiger partial charge in [-0.25, -0.2) is 4.68 Å². The second-order valence-electron chi connectivity index (χ2n) is 4.35. The van der Waals surface area contributed by atoms with Gasteiger partial charge >= 0.3 is 0 Å². The topological polar surface area (TPSA) is 73.0 Å². The molecule has 0 aliphatic rings. The number of nitrogens with one attached hydrogen (secondary N) is 1. The van der Waals surface area contributed by atoms with Crippen LogP contribution in [0.3, 0.4) is 0 Å². The molecule has 104 valence electrons. The average Bonchev–Trinajstić information content (AvgIpc) is 2.91. The number of para-hydroxylation sites is 1. The molecule has 0 radical (unpaired) electrons. The number of nitrogens with zero attached hydrogens (tertiary/aromatic N) is 3. The smallest absolute Gasteiger partial charge is 0.270 e. The van der Waals surface area contributed by atoms with Crippen LogP contribution in [0, 0.1) is 10.1 Å². The molecule has 0 bridgehead atoms. The number of aromatic nitrogens is 2. The molecule has 1 heterocycles. The summed E-state index contributed by atoms with van der Waals surface area (Å²) in [6.07, 6.45) is 1.56. The summed E-state index contributed by atoms with van der Waals surface area (Å²) in [6.45, 7) is 0. The van der Waals surface area contributed by atoms with Crippen molar-refractivity contribution in [2.45, 2.75) is 0 Å². The third-order valence-corrected chi connectivity index (χ3v) is 3.25. The Morgan fingerprint density at radius 3 is 2.71 bits per heavy atom. The number of nitro groups is 1. The molecule has 0 unspecified atom stereocenters. The minimum Gasteiger partial charge on any atom is -0.331 e. The molecule has 0 atom stereocenters. The number of hydrogen-bond donors (Lipinski definition) is 1. The Hall–Kier alpha value is -2.80. The lowest BCUT2D eigenvalue weighted by Crippen LogP contribution is -2.19. The van der Waals surface area contributed by atoms with Crippen molar-refractivity contribution in [1.82, 2.24) is 9.78 Å². The maximum absolute atomic E-state index is 10.8. The number of benzene rings is 2. The Morgan fingerprint density at radius 1 is 1.24 bits per heavy atom. The van der Waals surface area contributed by atoms with Crippen molar-refractivity contribution >= 4 is 39.6 Å². The molecule has 6 nitrogen and oxygen atoms in total. The molecule has 0 fully saturated rings. The van der Waals surface area contributed by atoms with Crippen LogP contribution in [0.25, 0.3) is 10.9 Å². The van der Waals surface area contributed by atoms with E-state index in [0.717, 1.165) is 5.69 Å². The summed E-state index contributed by atoms with van der Waals surface area (Å²) in [4.78, 5) is 10.3. The molecule has 0 amide bonds. The van der Waals surface area contributed by atoms with E-state index in [-0.39, 0.29) is 5.69 Å². The highest BCUT2D eigenvalue weighted by molar-refractivity contribution is 7.80. The molecule has 0 aliphatic carbocycles. The SMILES string of the molecule is O=[N+]([O-])c1ccc2c(cnn2C(=S)Nc2ccccc2)c1. The predicted molar refractivity (Wildman–Crippen MR) is 84.4 cm³/mol. The molecule has 1 N–H and O–H groups in total. The summed E-state index contributed by atoms with van der Waals surface area (Å²) in [5.41, 5.74) is 1.60. The van der Waals surface area contributed by atoms with Gasteiger partial charge in [0.25, 0.3) is 5.69 Å². The number of non-ortho nitro benzene ring substituents is 1. The van der Waals surface area contributed by atoms with E-state index in [1.54, 1.807) is 16.9 Å². The van der Waals surface area contributed by atoms with Gasteiger partial charge in [-0.05, 0) is 30.4 Å². The van der Waals surface area contributed by atoms with E-state index in [1.165, 1.54) is 12.1 Å². The lowest BCUT2D eigenvalue weighted by molar-refractivity contribution is -0.384. The number of nitro benzene ring substituents is 1. The van der Waals surface area contributed by atoms with Gasteiger partial charge in [0.15, 0.2) is 5.11 Å². The fourth-order valence-corrected chi connectivity index (χ4v) is 2.26. The van der Waals surface area contributed by atoms with E-state index >= 15 is 0 Å². The van der Waals surface area contributed by atoms with Crippen LogP contribution in [0.4, 0.5) is 11.4 Å². The standard InChI is InChI=1S/C14H10N4O2S/c19-18(20)12-6-7-13-10(8-12)9-15-17(13)14(21)16-11-4-2-1-3-5-11/h1-9H,(H,16,21). The maximum Gasteiger partial charge on any atom is 0.270 e. The van der Waals surface area contributed by atoms with Gasteiger partial charge in [-0.1, -0.05) is 18.2 Å². The molecule has 2 aromatic carbocycles. The quantitative estimate of drug-likeness (QED) is 0.447. The van der Waals surface area contributed by atoms with Gasteiger partial charge in [-0.2, -0.15) is 5.10 Å². The third-order valence-electron chi connectivity index (χ3n) is 2.98. The highest BCUT2D eigenvalue weighted by Gasteiger charge is 2.12. The zero-order chi connectivity index (χ0) is 14.8. The Balaban J connectivity index is 1.94. The van der Waals surface area contributed by atoms with Gasteiger partial charge in [0.1, 0.15) is 0 Å². The number of thiocarbonyl (C=S) groups is 1. The zero-order valence-corrected chi connectivity index (χ0v) is 11.6. The minimum absolute atomic E-state index is 0.0315. The van der Waals surface area contributed by atoms with E-state index in [1.807, 2.05) is 30.3 Å². The highest BCUT2D eigenvalue weighted by atomic mass is 32.1. The summed E-state index contributed by atoms with van der Waals surface area (Å²) >= 11 is 5.32. The monoisotopic (exact) mass is 298 g/mol. The molecule has 3 aromatic rings. The second kappa shape index (κ2) is 5.29. The zero-order valence-electron chi connectivity index (χ0n) is 10.8. The van der Waals surface area contributed by atoms with Crippen molar-refractivity contribution in [2.75, 3.05) is 5.32 Å². The largest absolute Gasteiger partial charge is 0.331 e. The van der Waals surface area contributed by atoms with Crippen LogP contribution >= 0.6 is 12.2 Å². The Bertz CT molecular complexity index is 829. The van der Waals surface area contributed by atoms with Gasteiger partial charge in [-0.15, -0.1) is 0 Å². The molecule has 0 saturated heterocycles. The van der Waals surface area contributed by atoms with Gasteiger partial charge in [-0.3, -0.25) is 10.1 Å². The molecule has 7 heteroatoms. The molecular formula is C14H10N4O2S. The van der Waals surface area contributed by atoms with Crippen LogP contribution in [-0.4, -0.2) is 19.8 Å². The molecular weight excluding hydrogens is 288 g/mol. The summed E-state index contributed by atoms with van der Waals surface area (Å²) in [7, 11) is 0. The van der Waals surface area contributed by atoms with Gasteiger partial charge in [0, 0.05) is 23.2 Å². The summed E-state index contributed by atoms with van der Waals surface area (Å²) in [5.74, 6) is 0. The molecule has 3 rings (SSSR count). The molecule has 0 aliphatic heterocycles. The van der Waals surface area contributed by atoms with Gasteiger partial charge < -0.3 is 5.32 Å². The van der Waals surface area contributed by atoms with Crippen molar-refractivity contribution in [1.29, 1.82) is 0 Å². The maximum atomic E-state index is 10.8. The van der Waals surface area contributed by atoms with Crippen molar-refractivity contribution in [2.24, 2.45) is 0 Å². The summed E-state index contributed by atoms with van der Waals surface area (Å²) in [6, 6.07) is 14.0. The van der Waals surface area contributed by atoms with Crippen LogP contribution in [0.5, 0.6) is 0 Å². The third kappa shape index (κ3) is 2.59. The Labute approximate surface area is 125 Å². The number of anilines is 1. The number of hydrogen-bond acceptors (Lipinski definition) is 4. The summed E-state index contributed by atoms with van der Waals surface area (Å²) < 4.78 is 1.54. The van der Waals surface area contributed by atoms with E-state index in [0.29, 0.717) is 16.0 Å². The van der Waals surface area contributed by atoms with Gasteiger partial charge in [0.05, 0.1) is 16.6 Å². The fraction of sp³-hybridized carbons (Fsp3) is 0. The van der Waals surface area contributed by atoms with Crippen molar-refractivity contribution in [3.63, 3.8) is 0 Å². The summed E-state index contributed by atoms with van der Waals surface area (Å²) in [5, 5.41) is 19.1. The molecule has 1 aromatic heterocycles. The normalized spacial score (nSPS) is 10.5. The lowest BCUT2D eigenvalue weighted by Gasteiger charge is -2.08. The first-order valence-electron chi connectivity index (χ1n) is 6.14. The molecule has 0 spiro atoms. The van der Waals surface area contributed by atoms with Crippen LogP contribution in [0.1, 0.15) is 0 Å². The number of fused-ring (bicyclic) bond motifs is 1. The van der Waals surface area contributed by atoms with Crippen LogP contribution in [-0.2, 0) is 0 Å². The van der Waals surface area contributed by atoms with E-state index < -0.39 is 4.92 Å². The van der Waals surface area contributed by atoms with E-state index in [4.69, 9.17) is 12.2 Å². The average molecular weight is 298 g/mol. The number of rotatable bonds is 2. The van der Waals surface area contributed by atoms with Crippen LogP contribution < -0.4 is 5.32 Å². The first-order valence-corrected chi connectivity index (χ1v) is 6.54. The highest BCUT2D eigenvalue weighted by Crippen LogP contribution is 2.20. The Morgan fingerprint density at radius 2 is 2.00 bits per heavy atom. The molecule has 0 saturated carbocycles. The van der Waals surface area contributed by atoms with E-state index in [2.05, 4.69) is 10.4 Å². The minimum atomic E-state index is -0.433.